The van der Waals surface area contributed by atoms with E-state index < -0.39 is 28.9 Å². The molecule has 0 amide bonds. The van der Waals surface area contributed by atoms with Crippen molar-refractivity contribution in [2.75, 3.05) is 0 Å². The Bertz CT molecular complexity index is 959. The van der Waals surface area contributed by atoms with Crippen molar-refractivity contribution >= 4 is 34.0 Å². The van der Waals surface area contributed by atoms with Crippen LogP contribution in [0.5, 0.6) is 0 Å². The van der Waals surface area contributed by atoms with Crippen molar-refractivity contribution in [2.24, 2.45) is 11.3 Å². The number of fused-ring (bicyclic) bond motifs is 5. The monoisotopic (exact) mass is 352 g/mol. The van der Waals surface area contributed by atoms with Gasteiger partial charge >= 0.3 is 6.18 Å². The molecule has 1 heterocycles. The van der Waals surface area contributed by atoms with Crippen LogP contribution < -0.4 is 0 Å². The van der Waals surface area contributed by atoms with E-state index in [4.69, 9.17) is 11.6 Å². The summed E-state index contributed by atoms with van der Waals surface area (Å²) in [4.78, 5) is 19.6. The maximum Gasteiger partial charge on any atom is 0.420 e. The molecule has 24 heavy (non-hydrogen) atoms. The number of alkyl halides is 3. The van der Waals surface area contributed by atoms with E-state index in [1.165, 1.54) is 6.33 Å². The Balaban J connectivity index is 1.91. The van der Waals surface area contributed by atoms with Gasteiger partial charge < -0.3 is 4.98 Å². The molecule has 3 aliphatic rings. The second-order valence-corrected chi connectivity index (χ2v) is 7.43. The lowest BCUT2D eigenvalue weighted by molar-refractivity contribution is -0.132. The fraction of sp³-hybridized carbons (Fsp3) is 0.412. The van der Waals surface area contributed by atoms with E-state index in [0.29, 0.717) is 47.3 Å². The van der Waals surface area contributed by atoms with Gasteiger partial charge in [0.25, 0.3) is 0 Å². The van der Waals surface area contributed by atoms with Gasteiger partial charge in [-0.2, -0.15) is 13.2 Å². The lowest BCUT2D eigenvalue weighted by Crippen LogP contribution is -2.34. The fourth-order valence-corrected chi connectivity index (χ4v) is 5.24. The Morgan fingerprint density at radius 2 is 2.17 bits per heavy atom. The number of aromatic nitrogens is 2. The smallest absolute Gasteiger partial charge is 0.344 e. The summed E-state index contributed by atoms with van der Waals surface area (Å²) in [6.07, 6.45) is -0.995. The predicted molar refractivity (Wildman–Crippen MR) is 82.6 cm³/mol. The minimum absolute atomic E-state index is 0.169. The number of carbonyl (C=O) groups excluding carboxylic acids is 1. The van der Waals surface area contributed by atoms with E-state index in [9.17, 15) is 18.0 Å². The van der Waals surface area contributed by atoms with Gasteiger partial charge in [-0.3, -0.25) is 4.79 Å². The SMILES string of the molecule is O=C1C(C(F)(F)F)=C2c3cc(Cl)c4nc[nH]c4c3C[C@@]23CC[C@@H]1C3. The average molecular weight is 353 g/mol. The molecule has 0 saturated heterocycles. The molecule has 1 N–H and O–H groups in total. The molecular formula is C17H12ClF3N2O. The van der Waals surface area contributed by atoms with E-state index in [1.54, 1.807) is 6.07 Å². The van der Waals surface area contributed by atoms with Crippen molar-refractivity contribution in [1.82, 2.24) is 9.97 Å². The van der Waals surface area contributed by atoms with Gasteiger partial charge in [0.15, 0.2) is 5.78 Å². The summed E-state index contributed by atoms with van der Waals surface area (Å²) in [7, 11) is 0. The van der Waals surface area contributed by atoms with Crippen LogP contribution in [0.15, 0.2) is 18.0 Å². The molecule has 124 valence electrons. The molecule has 0 unspecified atom stereocenters. The average Bonchev–Trinajstić information content (AvgIpc) is 3.17. The zero-order valence-corrected chi connectivity index (χ0v) is 13.2. The van der Waals surface area contributed by atoms with E-state index in [1.807, 2.05) is 0 Å². The van der Waals surface area contributed by atoms with Crippen molar-refractivity contribution in [3.05, 3.63) is 34.1 Å². The molecule has 3 aliphatic carbocycles. The first-order valence-corrected chi connectivity index (χ1v) is 8.21. The molecule has 1 aromatic carbocycles. The van der Waals surface area contributed by atoms with Crippen molar-refractivity contribution in [1.29, 1.82) is 0 Å². The Kier molecular flexibility index (Phi) is 2.56. The van der Waals surface area contributed by atoms with Gasteiger partial charge in [0.2, 0.25) is 0 Å². The first-order valence-electron chi connectivity index (χ1n) is 7.83. The standard InChI is InChI=1S/C17H12ClF3N2O/c18-10-3-8-9(13-14(10)23-6-22-13)5-16-2-1-7(4-16)15(24)12(11(8)16)17(19,20)21/h3,6-7H,1-2,4-5H2,(H,22,23)/t7-,16+/m1/s1. The maximum absolute atomic E-state index is 13.7. The molecular weight excluding hydrogens is 341 g/mol. The van der Waals surface area contributed by atoms with Crippen LogP contribution in [-0.4, -0.2) is 21.9 Å². The molecule has 7 heteroatoms. The third-order valence-electron chi connectivity index (χ3n) is 5.84. The van der Waals surface area contributed by atoms with Crippen LogP contribution in [-0.2, 0) is 11.2 Å². The number of allylic oxidation sites excluding steroid dienone is 2. The number of ketones is 1. The number of nitrogens with zero attached hydrogens (tertiary/aromatic N) is 1. The summed E-state index contributed by atoms with van der Waals surface area (Å²) in [6.45, 7) is 0. The molecule has 1 saturated carbocycles. The number of imidazole rings is 1. The quantitative estimate of drug-likeness (QED) is 0.761. The Labute approximate surface area is 139 Å². The van der Waals surface area contributed by atoms with Crippen LogP contribution in [0, 0.1) is 11.3 Å². The zero-order valence-electron chi connectivity index (χ0n) is 12.4. The first-order chi connectivity index (χ1) is 11.3. The van der Waals surface area contributed by atoms with Gasteiger partial charge in [-0.05, 0) is 48.4 Å². The largest absolute Gasteiger partial charge is 0.420 e. The molecule has 1 aromatic heterocycles. The van der Waals surface area contributed by atoms with Gasteiger partial charge in [-0.25, -0.2) is 4.98 Å². The second kappa shape index (κ2) is 4.23. The number of rotatable bonds is 0. The minimum atomic E-state index is -4.64. The Morgan fingerprint density at radius 1 is 1.38 bits per heavy atom. The number of carbonyl (C=O) groups is 1. The van der Waals surface area contributed by atoms with Crippen LogP contribution in [0.4, 0.5) is 13.2 Å². The highest BCUT2D eigenvalue weighted by Crippen LogP contribution is 2.64. The Morgan fingerprint density at radius 3 is 2.92 bits per heavy atom. The number of halogens is 4. The van der Waals surface area contributed by atoms with E-state index in [2.05, 4.69) is 9.97 Å². The van der Waals surface area contributed by atoms with Gasteiger partial charge in [0.05, 0.1) is 16.9 Å². The van der Waals surface area contributed by atoms with Crippen LogP contribution in [0.25, 0.3) is 16.6 Å². The fourth-order valence-electron chi connectivity index (χ4n) is 4.99. The highest BCUT2D eigenvalue weighted by Gasteiger charge is 2.59. The topological polar surface area (TPSA) is 45.8 Å². The molecule has 0 aliphatic heterocycles. The van der Waals surface area contributed by atoms with E-state index >= 15 is 0 Å². The Hall–Kier alpha value is -1.82. The highest BCUT2D eigenvalue weighted by molar-refractivity contribution is 6.35. The summed E-state index contributed by atoms with van der Waals surface area (Å²) >= 11 is 6.24. The number of Topliss-reactive ketones (excluding diaryl/α,β-unsaturated/α-hetero) is 1. The molecule has 1 fully saturated rings. The van der Waals surface area contributed by atoms with Crippen molar-refractivity contribution in [2.45, 2.75) is 31.9 Å². The molecule has 2 aromatic rings. The van der Waals surface area contributed by atoms with E-state index in [0.717, 1.165) is 5.56 Å². The van der Waals surface area contributed by atoms with Crippen LogP contribution >= 0.6 is 11.6 Å². The molecule has 2 bridgehead atoms. The molecule has 2 atom stereocenters. The summed E-state index contributed by atoms with van der Waals surface area (Å²) in [5, 5.41) is 0.309. The zero-order chi connectivity index (χ0) is 16.9. The maximum atomic E-state index is 13.7. The number of H-pyrrole nitrogens is 1. The summed E-state index contributed by atoms with van der Waals surface area (Å²) < 4.78 is 41.2. The van der Waals surface area contributed by atoms with Crippen LogP contribution in [0.3, 0.4) is 0 Å². The van der Waals surface area contributed by atoms with Crippen molar-refractivity contribution in [3.63, 3.8) is 0 Å². The highest BCUT2D eigenvalue weighted by atomic mass is 35.5. The summed E-state index contributed by atoms with van der Waals surface area (Å²) in [5.74, 6) is -1.26. The molecule has 3 nitrogen and oxygen atoms in total. The van der Waals surface area contributed by atoms with Gasteiger partial charge in [-0.15, -0.1) is 0 Å². The molecule has 0 radical (unpaired) electrons. The number of benzene rings is 1. The third kappa shape index (κ3) is 1.60. The number of aromatic amines is 1. The van der Waals surface area contributed by atoms with Crippen molar-refractivity contribution < 1.29 is 18.0 Å². The van der Waals surface area contributed by atoms with Gasteiger partial charge in [0, 0.05) is 11.3 Å². The number of hydrogen-bond acceptors (Lipinski definition) is 2. The third-order valence-corrected chi connectivity index (χ3v) is 6.13. The lowest BCUT2D eigenvalue weighted by Gasteiger charge is -2.33. The van der Waals surface area contributed by atoms with Gasteiger partial charge in [-0.1, -0.05) is 11.6 Å². The molecule has 1 spiro atoms. The second-order valence-electron chi connectivity index (χ2n) is 7.02. The molecule has 5 rings (SSSR count). The summed E-state index contributed by atoms with van der Waals surface area (Å²) in [6, 6.07) is 1.56. The lowest BCUT2D eigenvalue weighted by atomic mass is 9.71. The predicted octanol–water partition coefficient (Wildman–Crippen LogP) is 4.46. The van der Waals surface area contributed by atoms with Gasteiger partial charge in [0.1, 0.15) is 11.1 Å². The normalized spacial score (nSPS) is 28.7. The van der Waals surface area contributed by atoms with Crippen LogP contribution in [0.1, 0.15) is 30.4 Å². The summed E-state index contributed by atoms with van der Waals surface area (Å²) in [5.41, 5.74) is 1.16. The number of hydrogen-bond donors (Lipinski definition) is 1. The van der Waals surface area contributed by atoms with Crippen LogP contribution in [0.2, 0.25) is 5.02 Å². The van der Waals surface area contributed by atoms with Crippen molar-refractivity contribution in [3.8, 4) is 0 Å². The number of nitrogens with one attached hydrogen (secondary N) is 1. The minimum Gasteiger partial charge on any atom is -0.344 e. The first kappa shape index (κ1) is 14.5. The van der Waals surface area contributed by atoms with E-state index in [-0.39, 0.29) is 5.57 Å².